The molecule has 3 aromatic rings. The van der Waals surface area contributed by atoms with Crippen LogP contribution in [0.4, 0.5) is 0 Å². The van der Waals surface area contributed by atoms with Crippen molar-refractivity contribution in [2.45, 2.75) is 0 Å². The Balaban J connectivity index is 2.03. The Morgan fingerprint density at radius 3 is 2.60 bits per heavy atom. The number of nitrogens with one attached hydrogen (secondary N) is 1. The zero-order chi connectivity index (χ0) is 17.8. The lowest BCUT2D eigenvalue weighted by atomic mass is 10.1. The monoisotopic (exact) mass is 331 g/mol. The molecule has 0 radical (unpaired) electrons. The van der Waals surface area contributed by atoms with Gasteiger partial charge in [-0.2, -0.15) is 5.26 Å². The number of carbonyl (C=O) groups excluding carboxylic acids is 1. The van der Waals surface area contributed by atoms with E-state index >= 15 is 0 Å². The molecule has 0 unspecified atom stereocenters. The molecule has 3 rings (SSSR count). The van der Waals surface area contributed by atoms with Gasteiger partial charge in [-0.15, -0.1) is 0 Å². The van der Waals surface area contributed by atoms with Crippen molar-refractivity contribution in [3.8, 4) is 6.07 Å². The molecule has 0 bridgehead atoms. The van der Waals surface area contributed by atoms with Gasteiger partial charge in [0.1, 0.15) is 6.07 Å². The minimum absolute atomic E-state index is 0.197. The number of carbonyl (C=O) groups is 1. The lowest BCUT2D eigenvalue weighted by Crippen LogP contribution is -2.11. The molecule has 0 aliphatic rings. The van der Waals surface area contributed by atoms with Crippen LogP contribution in [-0.4, -0.2) is 23.0 Å². The zero-order valence-electron chi connectivity index (χ0n) is 13.3. The van der Waals surface area contributed by atoms with Crippen LogP contribution in [0.5, 0.6) is 0 Å². The highest BCUT2D eigenvalue weighted by molar-refractivity contribution is 5.91. The molecular formula is C19H13N3O3. The summed E-state index contributed by atoms with van der Waals surface area (Å²) in [4.78, 5) is 30.6. The fourth-order valence-electron chi connectivity index (χ4n) is 2.37. The van der Waals surface area contributed by atoms with Gasteiger partial charge < -0.3 is 9.72 Å². The number of nitriles is 1. The third kappa shape index (κ3) is 3.31. The van der Waals surface area contributed by atoms with Gasteiger partial charge in [0.15, 0.2) is 5.82 Å². The highest BCUT2D eigenvalue weighted by atomic mass is 16.5. The number of rotatable bonds is 3. The van der Waals surface area contributed by atoms with Gasteiger partial charge >= 0.3 is 5.97 Å². The Kier molecular flexibility index (Phi) is 4.40. The molecule has 0 saturated carbocycles. The number of nitrogens with zero attached hydrogens (tertiary/aromatic N) is 2. The van der Waals surface area contributed by atoms with Crippen molar-refractivity contribution in [3.63, 3.8) is 0 Å². The first-order valence-corrected chi connectivity index (χ1v) is 7.42. The maximum atomic E-state index is 12.1. The maximum Gasteiger partial charge on any atom is 0.337 e. The first kappa shape index (κ1) is 16.1. The second-order valence-corrected chi connectivity index (χ2v) is 5.22. The molecule has 1 N–H and O–H groups in total. The second kappa shape index (κ2) is 6.81. The molecule has 0 aliphatic heterocycles. The molecule has 1 aromatic heterocycles. The number of hydrogen-bond donors (Lipinski definition) is 1. The van der Waals surface area contributed by atoms with Crippen LogP contribution >= 0.6 is 0 Å². The van der Waals surface area contributed by atoms with Crippen molar-refractivity contribution < 1.29 is 9.53 Å². The predicted molar refractivity (Wildman–Crippen MR) is 93.6 cm³/mol. The third-order valence-electron chi connectivity index (χ3n) is 3.63. The Morgan fingerprint density at radius 1 is 1.20 bits per heavy atom. The summed E-state index contributed by atoms with van der Waals surface area (Å²) in [6.45, 7) is 0. The van der Waals surface area contributed by atoms with E-state index in [1.807, 2.05) is 6.07 Å². The highest BCUT2D eigenvalue weighted by Crippen LogP contribution is 2.16. The van der Waals surface area contributed by atoms with Crippen LogP contribution in [0.15, 0.2) is 53.3 Å². The maximum absolute atomic E-state index is 12.1. The Hall–Kier alpha value is -3.72. The Morgan fingerprint density at radius 2 is 1.92 bits per heavy atom. The van der Waals surface area contributed by atoms with Crippen molar-refractivity contribution in [3.05, 3.63) is 75.8 Å². The van der Waals surface area contributed by atoms with Gasteiger partial charge in [0.2, 0.25) is 0 Å². The first-order chi connectivity index (χ1) is 12.1. The number of benzene rings is 2. The lowest BCUT2D eigenvalue weighted by molar-refractivity contribution is 0.0600. The molecule has 2 aromatic carbocycles. The second-order valence-electron chi connectivity index (χ2n) is 5.22. The summed E-state index contributed by atoms with van der Waals surface area (Å²) in [5.41, 5.74) is 1.54. The van der Waals surface area contributed by atoms with E-state index in [9.17, 15) is 14.9 Å². The molecule has 6 heteroatoms. The van der Waals surface area contributed by atoms with Gasteiger partial charge in [0.25, 0.3) is 5.56 Å². The summed E-state index contributed by atoms with van der Waals surface area (Å²) in [6.07, 6.45) is 1.59. The molecular weight excluding hydrogens is 318 g/mol. The largest absolute Gasteiger partial charge is 0.465 e. The lowest BCUT2D eigenvalue weighted by Gasteiger charge is -2.03. The van der Waals surface area contributed by atoms with Crippen LogP contribution in [0.1, 0.15) is 21.7 Å². The van der Waals surface area contributed by atoms with E-state index in [1.165, 1.54) is 7.11 Å². The molecule has 25 heavy (non-hydrogen) atoms. The third-order valence-corrected chi connectivity index (χ3v) is 3.63. The van der Waals surface area contributed by atoms with E-state index in [0.29, 0.717) is 22.0 Å². The van der Waals surface area contributed by atoms with E-state index in [-0.39, 0.29) is 17.0 Å². The number of para-hydroxylation sites is 1. The van der Waals surface area contributed by atoms with Crippen LogP contribution in [-0.2, 0) is 4.74 Å². The van der Waals surface area contributed by atoms with Gasteiger partial charge in [-0.1, -0.05) is 24.3 Å². The molecule has 0 saturated heterocycles. The van der Waals surface area contributed by atoms with Crippen molar-refractivity contribution in [2.24, 2.45) is 0 Å². The van der Waals surface area contributed by atoms with Gasteiger partial charge in [-0.25, -0.2) is 9.78 Å². The highest BCUT2D eigenvalue weighted by Gasteiger charge is 2.09. The number of methoxy groups -OCH3 is 1. The first-order valence-electron chi connectivity index (χ1n) is 7.42. The van der Waals surface area contributed by atoms with Gasteiger partial charge in [0.05, 0.1) is 29.1 Å². The van der Waals surface area contributed by atoms with Gasteiger partial charge in [-0.3, -0.25) is 4.79 Å². The summed E-state index contributed by atoms with van der Waals surface area (Å²) >= 11 is 0. The summed E-state index contributed by atoms with van der Waals surface area (Å²) in [7, 11) is 1.31. The van der Waals surface area contributed by atoms with Crippen molar-refractivity contribution in [1.82, 2.24) is 9.97 Å². The minimum Gasteiger partial charge on any atom is -0.465 e. The van der Waals surface area contributed by atoms with Gasteiger partial charge in [0, 0.05) is 0 Å². The molecule has 0 spiro atoms. The topological polar surface area (TPSA) is 95.8 Å². The summed E-state index contributed by atoms with van der Waals surface area (Å²) in [5, 5.41) is 9.89. The number of H-pyrrole nitrogens is 1. The average molecular weight is 331 g/mol. The van der Waals surface area contributed by atoms with Crippen LogP contribution < -0.4 is 5.56 Å². The Bertz CT molecular complexity index is 1070. The van der Waals surface area contributed by atoms with Crippen LogP contribution in [0, 0.1) is 11.3 Å². The van der Waals surface area contributed by atoms with E-state index in [0.717, 1.165) is 0 Å². The number of fused-ring (bicyclic) bond motifs is 1. The summed E-state index contributed by atoms with van der Waals surface area (Å²) < 4.78 is 4.65. The normalized spacial score (nSPS) is 11.1. The molecule has 0 atom stereocenters. The fraction of sp³-hybridized carbons (Fsp3) is 0.0526. The summed E-state index contributed by atoms with van der Waals surface area (Å²) in [6, 6.07) is 15.5. The van der Waals surface area contributed by atoms with Crippen LogP contribution in [0.2, 0.25) is 0 Å². The average Bonchev–Trinajstić information content (AvgIpc) is 2.66. The molecule has 0 amide bonds. The van der Waals surface area contributed by atoms with Crippen LogP contribution in [0.3, 0.4) is 0 Å². The van der Waals surface area contributed by atoms with Crippen LogP contribution in [0.25, 0.3) is 22.6 Å². The van der Waals surface area contributed by atoms with E-state index in [2.05, 4.69) is 14.7 Å². The number of esters is 1. The molecule has 6 nitrogen and oxygen atoms in total. The number of aromatic nitrogens is 2. The van der Waals surface area contributed by atoms with Crippen molar-refractivity contribution >= 4 is 28.5 Å². The number of ether oxygens (including phenoxy) is 1. The quantitative estimate of drug-likeness (QED) is 0.588. The van der Waals surface area contributed by atoms with Gasteiger partial charge in [-0.05, 0) is 35.9 Å². The Labute approximate surface area is 143 Å². The standard InChI is InChI=1S/C19H13N3O3/c1-25-19(24)13-8-6-12(7-9-13)10-14(11-20)17-21-16-5-3-2-4-15(16)18(23)22-17/h2-10H,1H3,(H,21,22,23)/b14-10+. The van der Waals surface area contributed by atoms with E-state index < -0.39 is 5.97 Å². The fourth-order valence-corrected chi connectivity index (χ4v) is 2.37. The molecule has 122 valence electrons. The number of allylic oxidation sites excluding steroid dienone is 1. The van der Waals surface area contributed by atoms with Crippen molar-refractivity contribution in [2.75, 3.05) is 7.11 Å². The van der Waals surface area contributed by atoms with Crippen molar-refractivity contribution in [1.29, 1.82) is 5.26 Å². The van der Waals surface area contributed by atoms with E-state index in [1.54, 1.807) is 54.6 Å². The SMILES string of the molecule is COC(=O)c1ccc(/C=C(\C#N)c2nc3ccccc3c(=O)[nH]2)cc1. The molecule has 1 heterocycles. The minimum atomic E-state index is -0.434. The number of hydrogen-bond acceptors (Lipinski definition) is 5. The predicted octanol–water partition coefficient (Wildman–Crippen LogP) is 2.77. The molecule has 0 aliphatic carbocycles. The zero-order valence-corrected chi connectivity index (χ0v) is 13.3. The van der Waals surface area contributed by atoms with E-state index in [4.69, 9.17) is 0 Å². The smallest absolute Gasteiger partial charge is 0.337 e. The summed E-state index contributed by atoms with van der Waals surface area (Å²) in [5.74, 6) is -0.236. The number of aromatic amines is 1. The molecule has 0 fully saturated rings.